The van der Waals surface area contributed by atoms with Crippen LogP contribution in [0.2, 0.25) is 0 Å². The Kier molecular flexibility index (Phi) is 5.01. The van der Waals surface area contributed by atoms with Gasteiger partial charge in [-0.15, -0.1) is 0 Å². The van der Waals surface area contributed by atoms with Crippen LogP contribution in [0.3, 0.4) is 0 Å². The van der Waals surface area contributed by atoms with Gasteiger partial charge in [-0.2, -0.15) is 0 Å². The lowest BCUT2D eigenvalue weighted by atomic mass is 10.1. The van der Waals surface area contributed by atoms with E-state index in [1.807, 2.05) is 13.0 Å². The molecule has 0 fully saturated rings. The third kappa shape index (κ3) is 4.47. The van der Waals surface area contributed by atoms with Crippen molar-refractivity contribution in [1.82, 2.24) is 5.32 Å². The smallest absolute Gasteiger partial charge is 0.251 e. The third-order valence-electron chi connectivity index (χ3n) is 2.78. The minimum atomic E-state index is -0.0168. The lowest BCUT2D eigenvalue weighted by Gasteiger charge is -2.08. The zero-order valence-electron chi connectivity index (χ0n) is 10.9. The highest BCUT2D eigenvalue weighted by Gasteiger charge is 2.06. The van der Waals surface area contributed by atoms with Gasteiger partial charge < -0.3 is 11.1 Å². The quantitative estimate of drug-likeness (QED) is 0.608. The number of nitrogens with two attached hydrogens (primary N) is 1. The summed E-state index contributed by atoms with van der Waals surface area (Å²) in [6.45, 7) is 7.02. The van der Waals surface area contributed by atoms with Crippen molar-refractivity contribution < 1.29 is 4.79 Å². The Morgan fingerprint density at radius 1 is 1.41 bits per heavy atom. The van der Waals surface area contributed by atoms with E-state index in [0.29, 0.717) is 11.5 Å². The third-order valence-corrected chi connectivity index (χ3v) is 2.78. The molecule has 0 spiro atoms. The molecule has 0 radical (unpaired) electrons. The highest BCUT2D eigenvalue weighted by Crippen LogP contribution is 2.12. The molecule has 1 aromatic carbocycles. The molecule has 0 saturated carbocycles. The first kappa shape index (κ1) is 13.6. The fraction of sp³-hybridized carbons (Fsp3) is 0.500. The summed E-state index contributed by atoms with van der Waals surface area (Å²) in [5.74, 6) is 0.669. The molecule has 94 valence electrons. The van der Waals surface area contributed by atoms with E-state index >= 15 is 0 Å². The van der Waals surface area contributed by atoms with Crippen LogP contribution in [0.4, 0.5) is 5.69 Å². The molecule has 3 N–H and O–H groups in total. The lowest BCUT2D eigenvalue weighted by molar-refractivity contribution is 0.0952. The largest absolute Gasteiger partial charge is 0.399 e. The maximum atomic E-state index is 11.8. The first-order valence-electron chi connectivity index (χ1n) is 6.15. The van der Waals surface area contributed by atoms with E-state index in [2.05, 4.69) is 19.2 Å². The number of amides is 1. The molecule has 0 aromatic heterocycles. The topological polar surface area (TPSA) is 55.1 Å². The predicted molar refractivity (Wildman–Crippen MR) is 72.0 cm³/mol. The molecule has 17 heavy (non-hydrogen) atoms. The molecular formula is C14H22N2O. The average Bonchev–Trinajstić information content (AvgIpc) is 2.27. The zero-order valence-corrected chi connectivity index (χ0v) is 10.9. The Labute approximate surface area is 103 Å². The van der Waals surface area contributed by atoms with Gasteiger partial charge in [-0.3, -0.25) is 4.79 Å². The average molecular weight is 234 g/mol. The highest BCUT2D eigenvalue weighted by molar-refractivity contribution is 5.94. The second-order valence-electron chi connectivity index (χ2n) is 4.86. The molecule has 1 rings (SSSR count). The van der Waals surface area contributed by atoms with Crippen molar-refractivity contribution in [2.45, 2.75) is 33.6 Å². The first-order valence-corrected chi connectivity index (χ1v) is 6.15. The number of nitrogen functional groups attached to an aromatic ring is 1. The van der Waals surface area contributed by atoms with Gasteiger partial charge in [0.2, 0.25) is 0 Å². The van der Waals surface area contributed by atoms with E-state index in [0.717, 1.165) is 30.6 Å². The zero-order chi connectivity index (χ0) is 12.8. The van der Waals surface area contributed by atoms with Crippen molar-refractivity contribution in [3.63, 3.8) is 0 Å². The molecule has 0 heterocycles. The van der Waals surface area contributed by atoms with Crippen LogP contribution in [0.5, 0.6) is 0 Å². The van der Waals surface area contributed by atoms with Crippen LogP contribution in [0, 0.1) is 12.8 Å². The minimum Gasteiger partial charge on any atom is -0.399 e. The van der Waals surface area contributed by atoms with Crippen LogP contribution in [0.1, 0.15) is 42.6 Å². The Bertz CT molecular complexity index is 386. The maximum absolute atomic E-state index is 11.8. The van der Waals surface area contributed by atoms with E-state index in [9.17, 15) is 4.79 Å². The van der Waals surface area contributed by atoms with Crippen LogP contribution in [0.15, 0.2) is 18.2 Å². The van der Waals surface area contributed by atoms with Gasteiger partial charge in [-0.25, -0.2) is 0 Å². The molecule has 0 aliphatic carbocycles. The number of nitrogens with one attached hydrogen (secondary N) is 1. The summed E-state index contributed by atoms with van der Waals surface area (Å²) in [4.78, 5) is 11.8. The van der Waals surface area contributed by atoms with Crippen LogP contribution in [0.25, 0.3) is 0 Å². The molecule has 0 aliphatic rings. The van der Waals surface area contributed by atoms with Gasteiger partial charge in [0.1, 0.15) is 0 Å². The van der Waals surface area contributed by atoms with Crippen molar-refractivity contribution in [3.8, 4) is 0 Å². The molecule has 0 aliphatic heterocycles. The van der Waals surface area contributed by atoms with Gasteiger partial charge in [-0.05, 0) is 49.4 Å². The summed E-state index contributed by atoms with van der Waals surface area (Å²) in [5, 5.41) is 2.92. The summed E-state index contributed by atoms with van der Waals surface area (Å²) in [6, 6.07) is 5.37. The van der Waals surface area contributed by atoms with E-state index in [1.165, 1.54) is 0 Å². The van der Waals surface area contributed by atoms with Crippen molar-refractivity contribution >= 4 is 11.6 Å². The molecule has 1 aromatic rings. The summed E-state index contributed by atoms with van der Waals surface area (Å²) < 4.78 is 0. The maximum Gasteiger partial charge on any atom is 0.251 e. The minimum absolute atomic E-state index is 0.0168. The van der Waals surface area contributed by atoms with Gasteiger partial charge in [0.15, 0.2) is 0 Å². The Hall–Kier alpha value is -1.51. The fourth-order valence-corrected chi connectivity index (χ4v) is 1.63. The highest BCUT2D eigenvalue weighted by atomic mass is 16.1. The van der Waals surface area contributed by atoms with E-state index in [1.54, 1.807) is 12.1 Å². The Morgan fingerprint density at radius 2 is 2.12 bits per heavy atom. The molecule has 3 nitrogen and oxygen atoms in total. The van der Waals surface area contributed by atoms with Crippen LogP contribution in [-0.4, -0.2) is 12.5 Å². The number of anilines is 1. The second-order valence-corrected chi connectivity index (χ2v) is 4.86. The van der Waals surface area contributed by atoms with Gasteiger partial charge in [0.25, 0.3) is 5.91 Å². The number of carbonyl (C=O) groups excluding carboxylic acids is 1. The number of carbonyl (C=O) groups is 1. The Balaban J connectivity index is 2.44. The van der Waals surface area contributed by atoms with Crippen molar-refractivity contribution in [2.24, 2.45) is 5.92 Å². The molecular weight excluding hydrogens is 212 g/mol. The van der Waals surface area contributed by atoms with Crippen molar-refractivity contribution in [3.05, 3.63) is 29.3 Å². The van der Waals surface area contributed by atoms with Gasteiger partial charge in [-0.1, -0.05) is 13.8 Å². The second kappa shape index (κ2) is 6.28. The van der Waals surface area contributed by atoms with Crippen molar-refractivity contribution in [1.29, 1.82) is 0 Å². The van der Waals surface area contributed by atoms with E-state index in [-0.39, 0.29) is 5.91 Å². The van der Waals surface area contributed by atoms with Crippen LogP contribution >= 0.6 is 0 Å². The van der Waals surface area contributed by atoms with Crippen LogP contribution in [-0.2, 0) is 0 Å². The molecule has 3 heteroatoms. The van der Waals surface area contributed by atoms with Gasteiger partial charge in [0, 0.05) is 17.8 Å². The molecule has 0 atom stereocenters. The lowest BCUT2D eigenvalue weighted by Crippen LogP contribution is -2.24. The van der Waals surface area contributed by atoms with Crippen LogP contribution < -0.4 is 11.1 Å². The summed E-state index contributed by atoms with van der Waals surface area (Å²) in [6.07, 6.45) is 2.17. The van der Waals surface area contributed by atoms with Gasteiger partial charge in [0.05, 0.1) is 0 Å². The molecule has 0 bridgehead atoms. The molecule has 0 saturated heterocycles. The predicted octanol–water partition coefficient (Wildman–Crippen LogP) is 2.74. The number of rotatable bonds is 5. The number of benzene rings is 1. The normalized spacial score (nSPS) is 10.6. The van der Waals surface area contributed by atoms with E-state index < -0.39 is 0 Å². The molecule has 1 amide bonds. The number of aryl methyl sites for hydroxylation is 1. The first-order chi connectivity index (χ1) is 8.00. The monoisotopic (exact) mass is 234 g/mol. The number of hydrogen-bond donors (Lipinski definition) is 2. The van der Waals surface area contributed by atoms with E-state index in [4.69, 9.17) is 5.73 Å². The van der Waals surface area contributed by atoms with Gasteiger partial charge >= 0.3 is 0 Å². The summed E-state index contributed by atoms with van der Waals surface area (Å²) in [5.41, 5.74) is 8.06. The number of hydrogen-bond acceptors (Lipinski definition) is 2. The fourth-order valence-electron chi connectivity index (χ4n) is 1.63. The Morgan fingerprint density at radius 3 is 2.71 bits per heavy atom. The summed E-state index contributed by atoms with van der Waals surface area (Å²) >= 11 is 0. The standard InChI is InChI=1S/C14H22N2O/c1-10(2)5-4-8-16-14(17)12-6-7-13(15)11(3)9-12/h6-7,9-10H,4-5,8,15H2,1-3H3,(H,16,17). The SMILES string of the molecule is Cc1cc(C(=O)NCCCC(C)C)ccc1N. The molecule has 0 unspecified atom stereocenters. The van der Waals surface area contributed by atoms with Crippen molar-refractivity contribution in [2.75, 3.05) is 12.3 Å². The summed E-state index contributed by atoms with van der Waals surface area (Å²) in [7, 11) is 0.